The van der Waals surface area contributed by atoms with Crippen molar-refractivity contribution in [2.45, 2.75) is 25.4 Å². The molecule has 2 aromatic rings. The fraction of sp³-hybridized carbons (Fsp3) is 0.300. The van der Waals surface area contributed by atoms with Gasteiger partial charge in [0, 0.05) is 0 Å². The molecule has 0 amide bonds. The molecule has 3 atom stereocenters. The lowest BCUT2D eigenvalue weighted by Crippen LogP contribution is -2.41. The van der Waals surface area contributed by atoms with Crippen molar-refractivity contribution < 1.29 is 24.2 Å². The maximum Gasteiger partial charge on any atom is 0.151 e. The Hall–Kier alpha value is -2.34. The second kappa shape index (κ2) is 10.5. The van der Waals surface area contributed by atoms with Crippen molar-refractivity contribution in [2.24, 2.45) is 5.92 Å². The zero-order valence-electron chi connectivity index (χ0n) is 13.9. The van der Waals surface area contributed by atoms with E-state index in [1.54, 1.807) is 0 Å². The van der Waals surface area contributed by atoms with Gasteiger partial charge < -0.3 is 24.2 Å². The average Bonchev–Trinajstić information content (AvgIpc) is 2.68. The molecule has 0 aliphatic heterocycles. The Morgan fingerprint density at radius 3 is 1.76 bits per heavy atom. The van der Waals surface area contributed by atoms with Crippen molar-refractivity contribution in [1.82, 2.24) is 0 Å². The van der Waals surface area contributed by atoms with Crippen molar-refractivity contribution in [3.8, 4) is 0 Å². The van der Waals surface area contributed by atoms with Crippen LogP contribution in [0.2, 0.25) is 0 Å². The second-order valence-electron chi connectivity index (χ2n) is 5.64. The van der Waals surface area contributed by atoms with Gasteiger partial charge in [0.1, 0.15) is 18.5 Å². The molecule has 2 rings (SSSR count). The fourth-order valence-electron chi connectivity index (χ4n) is 2.43. The molecule has 0 aliphatic carbocycles. The molecule has 0 aliphatic rings. The van der Waals surface area contributed by atoms with E-state index in [4.69, 9.17) is 9.47 Å². The van der Waals surface area contributed by atoms with E-state index in [1.165, 1.54) is 0 Å². The molecule has 5 nitrogen and oxygen atoms in total. The molecule has 0 unspecified atom stereocenters. The predicted octanol–water partition coefficient (Wildman–Crippen LogP) is 2.16. The fourth-order valence-corrected chi connectivity index (χ4v) is 2.43. The molecule has 1 N–H and O–H groups in total. The second-order valence-corrected chi connectivity index (χ2v) is 5.64. The van der Waals surface area contributed by atoms with Crippen LogP contribution < -0.4 is 0 Å². The molecule has 25 heavy (non-hydrogen) atoms. The highest BCUT2D eigenvalue weighted by Crippen LogP contribution is 2.16. The Bertz CT molecular complexity index is 629. The van der Waals surface area contributed by atoms with Crippen LogP contribution in [0.4, 0.5) is 0 Å². The summed E-state index contributed by atoms with van der Waals surface area (Å²) in [7, 11) is 0. The van der Waals surface area contributed by atoms with E-state index in [0.29, 0.717) is 12.6 Å². The van der Waals surface area contributed by atoms with E-state index in [0.717, 1.165) is 11.1 Å². The third-order valence-electron chi connectivity index (χ3n) is 3.84. The Morgan fingerprint density at radius 2 is 1.32 bits per heavy atom. The number of carbonyl (C=O) groups excluding carboxylic acids is 2. The van der Waals surface area contributed by atoms with Gasteiger partial charge in [0.2, 0.25) is 0 Å². The standard InChI is InChI=1S/C20H22O5/c21-11-18(12-22)20(25-15-17-9-5-2-6-10-17)19(13-23)24-14-16-7-3-1-4-8-16/h1-11,13,18-20,22H,12,14-15H2/t18-,19+,20+/m1/s1. The van der Waals surface area contributed by atoms with Gasteiger partial charge in [-0.2, -0.15) is 0 Å². The monoisotopic (exact) mass is 342 g/mol. The Balaban J connectivity index is 2.05. The zero-order chi connectivity index (χ0) is 17.9. The van der Waals surface area contributed by atoms with Crippen LogP contribution in [0.5, 0.6) is 0 Å². The number of carbonyl (C=O) groups is 2. The van der Waals surface area contributed by atoms with E-state index in [9.17, 15) is 14.7 Å². The Morgan fingerprint density at radius 1 is 0.800 bits per heavy atom. The summed E-state index contributed by atoms with van der Waals surface area (Å²) >= 11 is 0. The predicted molar refractivity (Wildman–Crippen MR) is 92.7 cm³/mol. The van der Waals surface area contributed by atoms with Crippen molar-refractivity contribution in [3.05, 3.63) is 71.8 Å². The van der Waals surface area contributed by atoms with Gasteiger partial charge in [-0.15, -0.1) is 0 Å². The minimum atomic E-state index is -0.953. The van der Waals surface area contributed by atoms with Gasteiger partial charge in [-0.25, -0.2) is 0 Å². The smallest absolute Gasteiger partial charge is 0.151 e. The van der Waals surface area contributed by atoms with Crippen LogP contribution in [0.25, 0.3) is 0 Å². The summed E-state index contributed by atoms with van der Waals surface area (Å²) in [5.41, 5.74) is 1.81. The molecule has 0 aromatic heterocycles. The van der Waals surface area contributed by atoms with Crippen molar-refractivity contribution in [3.63, 3.8) is 0 Å². The molecule has 0 saturated carbocycles. The first-order valence-electron chi connectivity index (χ1n) is 8.11. The van der Waals surface area contributed by atoms with E-state index < -0.39 is 24.7 Å². The molecule has 132 valence electrons. The van der Waals surface area contributed by atoms with Crippen molar-refractivity contribution >= 4 is 12.6 Å². The lowest BCUT2D eigenvalue weighted by Gasteiger charge is -2.27. The molecule has 5 heteroatoms. The third kappa shape index (κ3) is 5.90. The number of aliphatic hydroxyl groups excluding tert-OH is 1. The summed E-state index contributed by atoms with van der Waals surface area (Å²) in [6.07, 6.45) is -0.599. The number of aliphatic hydroxyl groups is 1. The maximum absolute atomic E-state index is 11.5. The average molecular weight is 342 g/mol. The number of hydrogen-bond acceptors (Lipinski definition) is 5. The highest BCUT2D eigenvalue weighted by molar-refractivity contribution is 5.61. The van der Waals surface area contributed by atoms with Crippen LogP contribution in [0.1, 0.15) is 11.1 Å². The highest BCUT2D eigenvalue weighted by Gasteiger charge is 2.31. The van der Waals surface area contributed by atoms with E-state index >= 15 is 0 Å². The van der Waals surface area contributed by atoms with Gasteiger partial charge in [-0.3, -0.25) is 0 Å². The van der Waals surface area contributed by atoms with Crippen molar-refractivity contribution in [1.29, 1.82) is 0 Å². The quantitative estimate of drug-likeness (QED) is 0.634. The first-order chi connectivity index (χ1) is 12.3. The van der Waals surface area contributed by atoms with E-state index in [-0.39, 0.29) is 13.2 Å². The molecular formula is C20H22O5. The van der Waals surface area contributed by atoms with Gasteiger partial charge in [0.25, 0.3) is 0 Å². The molecular weight excluding hydrogens is 320 g/mol. The van der Waals surface area contributed by atoms with Crippen molar-refractivity contribution in [2.75, 3.05) is 6.61 Å². The van der Waals surface area contributed by atoms with Gasteiger partial charge in [0.05, 0.1) is 25.7 Å². The van der Waals surface area contributed by atoms with Gasteiger partial charge in [-0.1, -0.05) is 60.7 Å². The number of benzene rings is 2. The summed E-state index contributed by atoms with van der Waals surface area (Å²) in [6.45, 7) is 0.0172. The summed E-state index contributed by atoms with van der Waals surface area (Å²) in [4.78, 5) is 22.8. The van der Waals surface area contributed by atoms with Crippen LogP contribution in [-0.2, 0) is 32.3 Å². The topological polar surface area (TPSA) is 72.8 Å². The van der Waals surface area contributed by atoms with Crippen LogP contribution in [0.15, 0.2) is 60.7 Å². The summed E-state index contributed by atoms with van der Waals surface area (Å²) in [5.74, 6) is -0.838. The summed E-state index contributed by atoms with van der Waals surface area (Å²) in [6, 6.07) is 18.8. The number of aldehydes is 2. The number of rotatable bonds is 11. The van der Waals surface area contributed by atoms with E-state index in [1.807, 2.05) is 60.7 Å². The molecule has 0 radical (unpaired) electrons. The van der Waals surface area contributed by atoms with Gasteiger partial charge in [0.15, 0.2) is 6.29 Å². The van der Waals surface area contributed by atoms with Crippen LogP contribution in [0, 0.1) is 5.92 Å². The highest BCUT2D eigenvalue weighted by atomic mass is 16.5. The first-order valence-corrected chi connectivity index (χ1v) is 8.11. The van der Waals surface area contributed by atoms with Gasteiger partial charge >= 0.3 is 0 Å². The SMILES string of the molecule is O=C[C@H](CO)[C@H](OCc1ccccc1)[C@H](C=O)OCc1ccccc1. The summed E-state index contributed by atoms with van der Waals surface area (Å²) in [5, 5.41) is 9.44. The normalized spacial score (nSPS) is 14.4. The minimum absolute atomic E-state index is 0.215. The lowest BCUT2D eigenvalue weighted by molar-refractivity contribution is -0.145. The first kappa shape index (κ1) is 19.0. The number of ether oxygens (including phenoxy) is 2. The summed E-state index contributed by atoms with van der Waals surface area (Å²) < 4.78 is 11.4. The molecule has 0 fully saturated rings. The molecule has 0 bridgehead atoms. The van der Waals surface area contributed by atoms with Crippen LogP contribution in [0.3, 0.4) is 0 Å². The molecule has 2 aromatic carbocycles. The Labute approximate surface area is 147 Å². The van der Waals surface area contributed by atoms with E-state index in [2.05, 4.69) is 0 Å². The minimum Gasteiger partial charge on any atom is -0.396 e. The van der Waals surface area contributed by atoms with Gasteiger partial charge in [-0.05, 0) is 11.1 Å². The molecule has 0 spiro atoms. The van der Waals surface area contributed by atoms with Crippen LogP contribution in [-0.4, -0.2) is 36.5 Å². The molecule has 0 saturated heterocycles. The largest absolute Gasteiger partial charge is 0.396 e. The lowest BCUT2D eigenvalue weighted by atomic mass is 10.00. The van der Waals surface area contributed by atoms with Crippen LogP contribution >= 0.6 is 0 Å². The third-order valence-corrected chi connectivity index (χ3v) is 3.84. The Kier molecular flexibility index (Phi) is 7.98. The number of hydrogen-bond donors (Lipinski definition) is 1. The molecule has 0 heterocycles. The maximum atomic E-state index is 11.5. The zero-order valence-corrected chi connectivity index (χ0v) is 13.9.